The highest BCUT2D eigenvalue weighted by atomic mass is 79.9. The van der Waals surface area contributed by atoms with Crippen LogP contribution in [0.3, 0.4) is 0 Å². The maximum atomic E-state index is 10.8. The fraction of sp³-hybridized carbons (Fsp3) is 0.364. The second kappa shape index (κ2) is 6.93. The van der Waals surface area contributed by atoms with Gasteiger partial charge >= 0.3 is 5.97 Å². The molecule has 0 saturated heterocycles. The van der Waals surface area contributed by atoms with Crippen LogP contribution in [-0.2, 0) is 9.53 Å². The van der Waals surface area contributed by atoms with E-state index in [2.05, 4.69) is 15.9 Å². The van der Waals surface area contributed by atoms with Crippen molar-refractivity contribution in [1.29, 1.82) is 0 Å². The third-order valence-electron chi connectivity index (χ3n) is 1.84. The Morgan fingerprint density at radius 2 is 2.38 bits per heavy atom. The van der Waals surface area contributed by atoms with Gasteiger partial charge in [-0.15, -0.1) is 11.8 Å². The van der Waals surface area contributed by atoms with Gasteiger partial charge in [0.1, 0.15) is 0 Å². The van der Waals surface area contributed by atoms with Gasteiger partial charge in [-0.25, -0.2) is 4.79 Å². The molecule has 1 atom stereocenters. The lowest BCUT2D eigenvalue weighted by Crippen LogP contribution is -2.26. The molecule has 5 heteroatoms. The summed E-state index contributed by atoms with van der Waals surface area (Å²) >= 11 is 4.84. The Hall–Kier alpha value is -0.520. The van der Waals surface area contributed by atoms with Crippen molar-refractivity contribution in [2.45, 2.75) is 17.9 Å². The van der Waals surface area contributed by atoms with Gasteiger partial charge < -0.3 is 9.84 Å². The molecule has 0 aromatic heterocycles. The van der Waals surface area contributed by atoms with Crippen LogP contribution in [0.4, 0.5) is 0 Å². The minimum absolute atomic E-state index is 0.413. The fourth-order valence-corrected chi connectivity index (χ4v) is 2.64. The van der Waals surface area contributed by atoms with Gasteiger partial charge in [-0.2, -0.15) is 0 Å². The van der Waals surface area contributed by atoms with E-state index < -0.39 is 12.1 Å². The van der Waals surface area contributed by atoms with Crippen molar-refractivity contribution in [3.63, 3.8) is 0 Å². The first-order valence-corrected chi connectivity index (χ1v) is 6.64. The number of benzene rings is 1. The molecule has 0 aliphatic heterocycles. The van der Waals surface area contributed by atoms with Gasteiger partial charge in [-0.3, -0.25) is 0 Å². The van der Waals surface area contributed by atoms with Crippen molar-refractivity contribution < 1.29 is 14.6 Å². The van der Waals surface area contributed by atoms with Gasteiger partial charge in [0.2, 0.25) is 0 Å². The third kappa shape index (κ3) is 4.55. The maximum absolute atomic E-state index is 10.8. The Labute approximate surface area is 107 Å². The molecule has 1 unspecified atom stereocenters. The summed E-state index contributed by atoms with van der Waals surface area (Å²) in [6, 6.07) is 7.75. The lowest BCUT2D eigenvalue weighted by atomic mass is 10.4. The minimum Gasteiger partial charge on any atom is -0.479 e. The van der Waals surface area contributed by atoms with Gasteiger partial charge in [-0.05, 0) is 25.1 Å². The van der Waals surface area contributed by atoms with Crippen molar-refractivity contribution in [2.24, 2.45) is 0 Å². The number of carboxylic acids is 1. The van der Waals surface area contributed by atoms with Gasteiger partial charge in [0, 0.05) is 21.7 Å². The molecule has 16 heavy (non-hydrogen) atoms. The van der Waals surface area contributed by atoms with E-state index in [1.54, 1.807) is 6.92 Å². The number of thioether (sulfide) groups is 1. The zero-order valence-corrected chi connectivity index (χ0v) is 11.3. The smallest absolute Gasteiger partial charge is 0.333 e. The molecule has 0 aliphatic rings. The van der Waals surface area contributed by atoms with Gasteiger partial charge in [0.05, 0.1) is 0 Å². The molecule has 0 saturated carbocycles. The summed E-state index contributed by atoms with van der Waals surface area (Å²) < 4.78 is 6.11. The van der Waals surface area contributed by atoms with Crippen LogP contribution in [-0.4, -0.2) is 29.5 Å². The normalized spacial score (nSPS) is 12.4. The molecule has 0 radical (unpaired) electrons. The minimum atomic E-state index is -0.913. The Balaban J connectivity index is 2.51. The third-order valence-corrected chi connectivity index (χ3v) is 3.39. The lowest BCUT2D eigenvalue weighted by molar-refractivity contribution is -0.148. The quantitative estimate of drug-likeness (QED) is 0.821. The predicted octanol–water partition coefficient (Wildman–Crippen LogP) is 3.03. The van der Waals surface area contributed by atoms with Crippen LogP contribution in [0, 0.1) is 0 Å². The summed E-state index contributed by atoms with van der Waals surface area (Å²) in [6.45, 7) is 2.20. The van der Waals surface area contributed by atoms with E-state index in [1.165, 1.54) is 11.8 Å². The first-order valence-electron chi connectivity index (χ1n) is 4.86. The van der Waals surface area contributed by atoms with E-state index in [1.807, 2.05) is 24.3 Å². The first kappa shape index (κ1) is 13.5. The zero-order valence-electron chi connectivity index (χ0n) is 8.85. The van der Waals surface area contributed by atoms with E-state index in [9.17, 15) is 4.79 Å². The molecule has 0 aliphatic carbocycles. The van der Waals surface area contributed by atoms with Crippen LogP contribution < -0.4 is 0 Å². The summed E-state index contributed by atoms with van der Waals surface area (Å²) in [5, 5.41) is 8.89. The lowest BCUT2D eigenvalue weighted by Gasteiger charge is -2.11. The molecule has 1 N–H and O–H groups in total. The molecule has 1 aromatic carbocycles. The molecule has 0 heterocycles. The number of hydrogen-bond donors (Lipinski definition) is 1. The summed E-state index contributed by atoms with van der Waals surface area (Å²) in [6.07, 6.45) is -0.742. The van der Waals surface area contributed by atoms with Crippen molar-refractivity contribution in [2.75, 3.05) is 12.4 Å². The molecular formula is C11H13BrO3S. The highest BCUT2D eigenvalue weighted by molar-refractivity contribution is 9.10. The highest BCUT2D eigenvalue weighted by Gasteiger charge is 2.17. The maximum Gasteiger partial charge on any atom is 0.333 e. The Morgan fingerprint density at radius 3 is 2.94 bits per heavy atom. The number of aliphatic carboxylic acids is 1. The Kier molecular flexibility index (Phi) is 5.87. The van der Waals surface area contributed by atoms with E-state index >= 15 is 0 Å². The molecule has 0 bridgehead atoms. The van der Waals surface area contributed by atoms with Crippen molar-refractivity contribution in [1.82, 2.24) is 0 Å². The van der Waals surface area contributed by atoms with Crippen molar-refractivity contribution in [3.05, 3.63) is 28.7 Å². The molecular weight excluding hydrogens is 292 g/mol. The standard InChI is InChI=1S/C11H13BrO3S/c1-2-15-10(11(13)14)7-16-9-5-3-4-8(12)6-9/h3-6,10H,2,7H2,1H3,(H,13,14). The van der Waals surface area contributed by atoms with E-state index in [0.717, 1.165) is 9.37 Å². The summed E-state index contributed by atoms with van der Waals surface area (Å²) in [7, 11) is 0. The predicted molar refractivity (Wildman–Crippen MR) is 67.9 cm³/mol. The molecule has 1 aromatic rings. The summed E-state index contributed by atoms with van der Waals surface area (Å²) in [5.41, 5.74) is 0. The average molecular weight is 305 g/mol. The largest absolute Gasteiger partial charge is 0.479 e. The molecule has 0 spiro atoms. The summed E-state index contributed by atoms with van der Waals surface area (Å²) in [5.74, 6) is -0.496. The topological polar surface area (TPSA) is 46.5 Å². The average Bonchev–Trinajstić information content (AvgIpc) is 2.24. The van der Waals surface area contributed by atoms with Crippen LogP contribution in [0.2, 0.25) is 0 Å². The van der Waals surface area contributed by atoms with Crippen molar-refractivity contribution in [3.8, 4) is 0 Å². The van der Waals surface area contributed by atoms with E-state index in [4.69, 9.17) is 9.84 Å². The van der Waals surface area contributed by atoms with Gasteiger partial charge in [-0.1, -0.05) is 22.0 Å². The molecule has 0 amide bonds. The van der Waals surface area contributed by atoms with Crippen LogP contribution >= 0.6 is 27.7 Å². The second-order valence-corrected chi connectivity index (χ2v) is 5.06. The number of ether oxygens (including phenoxy) is 1. The number of carboxylic acid groups (broad SMARTS) is 1. The van der Waals surface area contributed by atoms with Crippen molar-refractivity contribution >= 4 is 33.7 Å². The molecule has 1 rings (SSSR count). The van der Waals surface area contributed by atoms with Gasteiger partial charge in [0.15, 0.2) is 6.10 Å². The monoisotopic (exact) mass is 304 g/mol. The van der Waals surface area contributed by atoms with Crippen LogP contribution in [0.15, 0.2) is 33.6 Å². The van der Waals surface area contributed by atoms with Crippen LogP contribution in [0.5, 0.6) is 0 Å². The Morgan fingerprint density at radius 1 is 1.62 bits per heavy atom. The second-order valence-electron chi connectivity index (χ2n) is 3.05. The molecule has 3 nitrogen and oxygen atoms in total. The van der Waals surface area contributed by atoms with Gasteiger partial charge in [0.25, 0.3) is 0 Å². The number of hydrogen-bond acceptors (Lipinski definition) is 3. The number of halogens is 1. The van der Waals surface area contributed by atoms with E-state index in [-0.39, 0.29) is 0 Å². The number of carbonyl (C=O) groups is 1. The molecule has 88 valence electrons. The number of rotatable bonds is 6. The molecule has 0 fully saturated rings. The van der Waals surface area contributed by atoms with Crippen LogP contribution in [0.1, 0.15) is 6.92 Å². The zero-order chi connectivity index (χ0) is 12.0. The van der Waals surface area contributed by atoms with E-state index in [0.29, 0.717) is 12.4 Å². The fourth-order valence-electron chi connectivity index (χ4n) is 1.12. The first-order chi connectivity index (χ1) is 7.63. The summed E-state index contributed by atoms with van der Waals surface area (Å²) in [4.78, 5) is 11.9. The Bertz CT molecular complexity index is 357. The highest BCUT2D eigenvalue weighted by Crippen LogP contribution is 2.23. The van der Waals surface area contributed by atoms with Crippen LogP contribution in [0.25, 0.3) is 0 Å². The SMILES string of the molecule is CCOC(CSc1cccc(Br)c1)C(=O)O.